The summed E-state index contributed by atoms with van der Waals surface area (Å²) in [6, 6.07) is 12.8. The number of halogens is 1. The molecular weight excluding hydrogens is 326 g/mol. The summed E-state index contributed by atoms with van der Waals surface area (Å²) in [6.07, 6.45) is 3.95. The molecule has 0 aromatic heterocycles. The lowest BCUT2D eigenvalue weighted by atomic mass is 9.83. The first-order valence-electron chi connectivity index (χ1n) is 7.42. The van der Waals surface area contributed by atoms with Gasteiger partial charge in [-0.3, -0.25) is 4.79 Å². The molecule has 0 saturated carbocycles. The highest BCUT2D eigenvalue weighted by Gasteiger charge is 2.30. The average Bonchev–Trinajstić information content (AvgIpc) is 2.95. The highest BCUT2D eigenvalue weighted by molar-refractivity contribution is 9.10. The van der Waals surface area contributed by atoms with Crippen LogP contribution in [0.25, 0.3) is 0 Å². The zero-order valence-electron chi connectivity index (χ0n) is 11.7. The van der Waals surface area contributed by atoms with Gasteiger partial charge in [0.05, 0.1) is 0 Å². The Kier molecular flexibility index (Phi) is 3.11. The van der Waals surface area contributed by atoms with Crippen LogP contribution in [0.3, 0.4) is 0 Å². The van der Waals surface area contributed by atoms with Gasteiger partial charge in [-0.2, -0.15) is 0 Å². The molecule has 0 radical (unpaired) electrons. The Labute approximate surface area is 132 Å². The second kappa shape index (κ2) is 4.99. The van der Waals surface area contributed by atoms with Gasteiger partial charge in [-0.15, -0.1) is 0 Å². The maximum Gasteiger partial charge on any atom is 0.225 e. The summed E-state index contributed by atoms with van der Waals surface area (Å²) >= 11 is 3.53. The fourth-order valence-corrected chi connectivity index (χ4v) is 4.05. The molecule has 2 aromatic rings. The quantitative estimate of drug-likeness (QED) is 0.817. The van der Waals surface area contributed by atoms with E-state index in [1.54, 1.807) is 0 Å². The van der Waals surface area contributed by atoms with E-state index >= 15 is 0 Å². The molecular formula is C18H16BrNO. The van der Waals surface area contributed by atoms with E-state index in [4.69, 9.17) is 0 Å². The number of carbonyl (C=O) groups is 1. The van der Waals surface area contributed by atoms with Crippen molar-refractivity contribution in [1.29, 1.82) is 0 Å². The number of nitrogens with one attached hydrogen (secondary N) is 1. The van der Waals surface area contributed by atoms with E-state index in [1.165, 1.54) is 28.7 Å². The van der Waals surface area contributed by atoms with Crippen LogP contribution in [0, 0.1) is 0 Å². The molecule has 0 saturated heterocycles. The minimum atomic E-state index is 0.132. The third-order valence-corrected chi connectivity index (χ3v) is 5.09. The Morgan fingerprint density at radius 1 is 1.14 bits per heavy atom. The smallest absolute Gasteiger partial charge is 0.225 e. The molecule has 21 heavy (non-hydrogen) atoms. The lowest BCUT2D eigenvalue weighted by Gasteiger charge is -2.28. The molecule has 1 atom stereocenters. The Hall–Kier alpha value is -1.61. The van der Waals surface area contributed by atoms with Gasteiger partial charge in [0, 0.05) is 22.5 Å². The number of amides is 1. The van der Waals surface area contributed by atoms with Crippen LogP contribution in [0.5, 0.6) is 0 Å². The van der Waals surface area contributed by atoms with Crippen LogP contribution in [0.15, 0.2) is 40.9 Å². The molecule has 4 rings (SSSR count). The van der Waals surface area contributed by atoms with Crippen molar-refractivity contribution in [3.8, 4) is 0 Å². The van der Waals surface area contributed by atoms with Crippen LogP contribution in [-0.4, -0.2) is 5.91 Å². The van der Waals surface area contributed by atoms with Crippen LogP contribution >= 0.6 is 15.9 Å². The van der Waals surface area contributed by atoms with Gasteiger partial charge in [0.15, 0.2) is 0 Å². The van der Waals surface area contributed by atoms with Crippen LogP contribution in [0.4, 0.5) is 5.69 Å². The minimum Gasteiger partial charge on any atom is -0.326 e. The molecule has 0 fully saturated rings. The topological polar surface area (TPSA) is 29.1 Å². The number of anilines is 1. The molecule has 1 amide bonds. The summed E-state index contributed by atoms with van der Waals surface area (Å²) in [6.45, 7) is 0. The second-order valence-corrected chi connectivity index (χ2v) is 6.80. The number of fused-ring (bicyclic) bond motifs is 3. The normalized spacial score (nSPS) is 19.9. The molecule has 1 heterocycles. The van der Waals surface area contributed by atoms with Crippen molar-refractivity contribution >= 4 is 27.5 Å². The number of hydrogen-bond acceptors (Lipinski definition) is 1. The first kappa shape index (κ1) is 13.1. The summed E-state index contributed by atoms with van der Waals surface area (Å²) in [5.41, 5.74) is 6.34. The summed E-state index contributed by atoms with van der Waals surface area (Å²) in [4.78, 5) is 12.2. The molecule has 2 aromatic carbocycles. The third kappa shape index (κ3) is 2.20. The van der Waals surface area contributed by atoms with Crippen molar-refractivity contribution in [3.05, 3.63) is 63.1 Å². The first-order valence-corrected chi connectivity index (χ1v) is 8.21. The van der Waals surface area contributed by atoms with Gasteiger partial charge in [0.2, 0.25) is 5.91 Å². The molecule has 1 aliphatic carbocycles. The standard InChI is InChI=1S/C18H16BrNO/c19-13-5-1-4-12(9-13)16-10-17(21)20-18-14-6-2-3-11(14)7-8-15(16)18/h1,4-5,7-9,16H,2-3,6,10H2,(H,20,21). The highest BCUT2D eigenvalue weighted by Crippen LogP contribution is 2.42. The molecule has 3 heteroatoms. The number of carbonyl (C=O) groups excluding carboxylic acids is 1. The van der Waals surface area contributed by atoms with Crippen molar-refractivity contribution in [2.75, 3.05) is 5.32 Å². The van der Waals surface area contributed by atoms with Crippen molar-refractivity contribution in [2.45, 2.75) is 31.6 Å². The van der Waals surface area contributed by atoms with Crippen LogP contribution in [-0.2, 0) is 17.6 Å². The lowest BCUT2D eigenvalue weighted by Crippen LogP contribution is -2.24. The number of rotatable bonds is 1. The second-order valence-electron chi connectivity index (χ2n) is 5.88. The van der Waals surface area contributed by atoms with Gasteiger partial charge in [-0.05, 0) is 53.6 Å². The van der Waals surface area contributed by atoms with E-state index < -0.39 is 0 Å². The number of hydrogen-bond donors (Lipinski definition) is 1. The lowest BCUT2D eigenvalue weighted by molar-refractivity contribution is -0.116. The number of aryl methyl sites for hydroxylation is 1. The van der Waals surface area contributed by atoms with Crippen LogP contribution < -0.4 is 5.32 Å². The molecule has 106 valence electrons. The molecule has 1 aliphatic heterocycles. The molecule has 0 spiro atoms. The molecule has 2 aliphatic rings. The minimum absolute atomic E-state index is 0.132. The SMILES string of the molecule is O=C1CC(c2cccc(Br)c2)c2ccc3c(c2N1)CCC3. The predicted octanol–water partition coefficient (Wildman–Crippen LogP) is 4.41. The zero-order valence-corrected chi connectivity index (χ0v) is 13.2. The zero-order chi connectivity index (χ0) is 14.4. The fourth-order valence-electron chi connectivity index (χ4n) is 3.63. The van der Waals surface area contributed by atoms with Crippen molar-refractivity contribution in [2.24, 2.45) is 0 Å². The van der Waals surface area contributed by atoms with Gasteiger partial charge >= 0.3 is 0 Å². The Bertz CT molecular complexity index is 738. The Morgan fingerprint density at radius 2 is 2.05 bits per heavy atom. The van der Waals surface area contributed by atoms with E-state index in [-0.39, 0.29) is 11.8 Å². The van der Waals surface area contributed by atoms with Gasteiger partial charge in [0.25, 0.3) is 0 Å². The van der Waals surface area contributed by atoms with E-state index in [1.807, 2.05) is 12.1 Å². The predicted molar refractivity (Wildman–Crippen MR) is 87.7 cm³/mol. The largest absolute Gasteiger partial charge is 0.326 e. The number of benzene rings is 2. The fraction of sp³-hybridized carbons (Fsp3) is 0.278. The van der Waals surface area contributed by atoms with E-state index in [9.17, 15) is 4.79 Å². The summed E-state index contributed by atoms with van der Waals surface area (Å²) in [5, 5.41) is 3.12. The summed E-state index contributed by atoms with van der Waals surface area (Å²) in [7, 11) is 0. The molecule has 1 N–H and O–H groups in total. The highest BCUT2D eigenvalue weighted by atomic mass is 79.9. The molecule has 1 unspecified atom stereocenters. The Morgan fingerprint density at radius 3 is 2.90 bits per heavy atom. The monoisotopic (exact) mass is 341 g/mol. The van der Waals surface area contributed by atoms with Gasteiger partial charge in [-0.1, -0.05) is 40.2 Å². The van der Waals surface area contributed by atoms with Crippen molar-refractivity contribution in [3.63, 3.8) is 0 Å². The third-order valence-electron chi connectivity index (χ3n) is 4.60. The van der Waals surface area contributed by atoms with Gasteiger partial charge in [-0.25, -0.2) is 0 Å². The summed E-state index contributed by atoms with van der Waals surface area (Å²) < 4.78 is 1.06. The van der Waals surface area contributed by atoms with E-state index in [2.05, 4.69) is 45.5 Å². The van der Waals surface area contributed by atoms with Crippen LogP contribution in [0.2, 0.25) is 0 Å². The molecule has 2 nitrogen and oxygen atoms in total. The Balaban J connectivity index is 1.87. The van der Waals surface area contributed by atoms with Crippen LogP contribution in [0.1, 0.15) is 41.0 Å². The first-order chi connectivity index (χ1) is 10.2. The van der Waals surface area contributed by atoms with Gasteiger partial charge in [0.1, 0.15) is 0 Å². The average molecular weight is 342 g/mol. The van der Waals surface area contributed by atoms with E-state index in [0.717, 1.165) is 23.0 Å². The molecule has 0 bridgehead atoms. The van der Waals surface area contributed by atoms with Crippen molar-refractivity contribution < 1.29 is 4.79 Å². The van der Waals surface area contributed by atoms with Crippen molar-refractivity contribution in [1.82, 2.24) is 0 Å². The maximum atomic E-state index is 12.2. The van der Waals surface area contributed by atoms with E-state index in [0.29, 0.717) is 6.42 Å². The van der Waals surface area contributed by atoms with Gasteiger partial charge < -0.3 is 5.32 Å². The summed E-state index contributed by atoms with van der Waals surface area (Å²) in [5.74, 6) is 0.296. The maximum absolute atomic E-state index is 12.2.